The maximum absolute atomic E-state index is 12.1. The second-order valence-corrected chi connectivity index (χ2v) is 5.44. The molecule has 2 aliphatic carbocycles. The molecule has 0 radical (unpaired) electrons. The van der Waals surface area contributed by atoms with Gasteiger partial charge in [-0.15, -0.1) is 0 Å². The summed E-state index contributed by atoms with van der Waals surface area (Å²) in [5.74, 6) is -2.95. The van der Waals surface area contributed by atoms with Gasteiger partial charge in [0, 0.05) is 0 Å². The molecule has 0 fully saturated rings. The summed E-state index contributed by atoms with van der Waals surface area (Å²) in [5, 5.41) is 0. The third-order valence-corrected chi connectivity index (χ3v) is 4.07. The van der Waals surface area contributed by atoms with Crippen molar-refractivity contribution in [1.82, 2.24) is 0 Å². The summed E-state index contributed by atoms with van der Waals surface area (Å²) < 4.78 is 9.38. The van der Waals surface area contributed by atoms with Crippen LogP contribution >= 0.6 is 0 Å². The van der Waals surface area contributed by atoms with Crippen LogP contribution in [0, 0.1) is 0 Å². The molecule has 0 saturated carbocycles. The molecule has 0 atom stereocenters. The highest BCUT2D eigenvalue weighted by Crippen LogP contribution is 2.39. The van der Waals surface area contributed by atoms with Crippen molar-refractivity contribution in [3.05, 3.63) is 69.9 Å². The van der Waals surface area contributed by atoms with Crippen LogP contribution in [0.25, 0.3) is 0 Å². The predicted molar refractivity (Wildman–Crippen MR) is 79.9 cm³/mol. The molecule has 0 spiro atoms. The molecule has 0 bridgehead atoms. The van der Waals surface area contributed by atoms with E-state index in [1.165, 1.54) is 12.2 Å². The smallest absolute Gasteiger partial charge is 0.347 e. The van der Waals surface area contributed by atoms with E-state index >= 15 is 0 Å². The van der Waals surface area contributed by atoms with Crippen molar-refractivity contribution in [2.75, 3.05) is 0 Å². The van der Waals surface area contributed by atoms with Gasteiger partial charge >= 0.3 is 23.9 Å². The van der Waals surface area contributed by atoms with Crippen molar-refractivity contribution < 1.29 is 28.7 Å². The lowest BCUT2D eigenvalue weighted by atomic mass is 9.88. The van der Waals surface area contributed by atoms with Crippen molar-refractivity contribution in [2.45, 2.75) is 12.8 Å². The summed E-state index contributed by atoms with van der Waals surface area (Å²) >= 11 is 0. The first-order chi connectivity index (χ1) is 11.6. The minimum atomic E-state index is -0.759. The van der Waals surface area contributed by atoms with E-state index in [-0.39, 0.29) is 22.3 Å². The summed E-state index contributed by atoms with van der Waals surface area (Å²) in [6.45, 7) is 0. The zero-order chi connectivity index (χ0) is 16.8. The maximum atomic E-state index is 12.1. The molecule has 0 unspecified atom stereocenters. The molecule has 2 heterocycles. The number of carbonyl (C=O) groups is 4. The Morgan fingerprint density at radius 1 is 0.625 bits per heavy atom. The van der Waals surface area contributed by atoms with Gasteiger partial charge in [-0.3, -0.25) is 0 Å². The van der Waals surface area contributed by atoms with Crippen LogP contribution in [0.4, 0.5) is 0 Å². The summed E-state index contributed by atoms with van der Waals surface area (Å²) in [4.78, 5) is 47.9. The van der Waals surface area contributed by atoms with Crippen LogP contribution < -0.4 is 0 Å². The van der Waals surface area contributed by atoms with Gasteiger partial charge in [0.1, 0.15) is 0 Å². The van der Waals surface area contributed by atoms with E-state index in [9.17, 15) is 19.2 Å². The predicted octanol–water partition coefficient (Wildman–Crippen LogP) is 1.52. The van der Waals surface area contributed by atoms with Crippen molar-refractivity contribution in [3.63, 3.8) is 0 Å². The van der Waals surface area contributed by atoms with Crippen LogP contribution in [-0.2, 0) is 28.7 Å². The Balaban J connectivity index is 1.92. The molecule has 2 aliphatic heterocycles. The number of cyclic esters (lactones) is 4. The normalized spacial score (nSPS) is 22.7. The molecule has 0 saturated heterocycles. The van der Waals surface area contributed by atoms with Crippen LogP contribution in [0.15, 0.2) is 69.9 Å². The lowest BCUT2D eigenvalue weighted by Crippen LogP contribution is -2.10. The molecule has 0 amide bonds. The molecule has 4 rings (SSSR count). The molecular weight excluding hydrogens is 312 g/mol. The Kier molecular flexibility index (Phi) is 3.06. The number of rotatable bonds is 1. The minimum absolute atomic E-state index is 0.112. The molecule has 118 valence electrons. The van der Waals surface area contributed by atoms with Gasteiger partial charge < -0.3 is 9.47 Å². The fraction of sp³-hybridized carbons (Fsp3) is 0.111. The SMILES string of the molecule is O=C1OC(=O)C2=C1C=CCC=C2C1=CCC=CC2=C1C(=O)OC2=O. The molecule has 0 aromatic heterocycles. The fourth-order valence-corrected chi connectivity index (χ4v) is 3.05. The highest BCUT2D eigenvalue weighted by atomic mass is 16.6. The summed E-state index contributed by atoms with van der Waals surface area (Å²) in [6.07, 6.45) is 10.9. The second kappa shape index (κ2) is 5.13. The number of ether oxygens (including phenoxy) is 2. The lowest BCUT2D eigenvalue weighted by molar-refractivity contribution is -0.152. The first-order valence-electron chi connectivity index (χ1n) is 7.34. The Morgan fingerprint density at radius 2 is 1.04 bits per heavy atom. The summed E-state index contributed by atoms with van der Waals surface area (Å²) in [6, 6.07) is 0. The minimum Gasteiger partial charge on any atom is -0.386 e. The number of carbonyl (C=O) groups excluding carboxylic acids is 4. The fourth-order valence-electron chi connectivity index (χ4n) is 3.05. The van der Waals surface area contributed by atoms with Gasteiger partial charge in [-0.1, -0.05) is 36.5 Å². The van der Waals surface area contributed by atoms with Gasteiger partial charge in [0.25, 0.3) is 0 Å². The molecule has 6 heteroatoms. The van der Waals surface area contributed by atoms with Gasteiger partial charge in [0.15, 0.2) is 0 Å². The monoisotopic (exact) mass is 322 g/mol. The zero-order valence-corrected chi connectivity index (χ0v) is 12.3. The van der Waals surface area contributed by atoms with Crippen LogP contribution in [0.3, 0.4) is 0 Å². The Morgan fingerprint density at radius 3 is 1.46 bits per heavy atom. The quantitative estimate of drug-likeness (QED) is 0.537. The van der Waals surface area contributed by atoms with Crippen molar-refractivity contribution in [3.8, 4) is 0 Å². The zero-order valence-electron chi connectivity index (χ0n) is 12.3. The Hall–Kier alpha value is -3.28. The van der Waals surface area contributed by atoms with Gasteiger partial charge in [0.05, 0.1) is 22.3 Å². The van der Waals surface area contributed by atoms with E-state index in [1.807, 2.05) is 0 Å². The van der Waals surface area contributed by atoms with E-state index in [0.29, 0.717) is 24.0 Å². The van der Waals surface area contributed by atoms with Crippen LogP contribution in [0.1, 0.15) is 12.8 Å². The first-order valence-corrected chi connectivity index (χ1v) is 7.34. The van der Waals surface area contributed by atoms with Gasteiger partial charge in [0.2, 0.25) is 0 Å². The molecule has 0 N–H and O–H groups in total. The Bertz CT molecular complexity index is 841. The molecule has 0 aromatic carbocycles. The third-order valence-electron chi connectivity index (χ3n) is 4.07. The van der Waals surface area contributed by atoms with E-state index in [2.05, 4.69) is 9.47 Å². The van der Waals surface area contributed by atoms with Crippen molar-refractivity contribution in [1.29, 1.82) is 0 Å². The molecule has 4 aliphatic rings. The summed E-state index contributed by atoms with van der Waals surface area (Å²) in [7, 11) is 0. The molecule has 0 aromatic rings. The Labute approximate surface area is 136 Å². The second-order valence-electron chi connectivity index (χ2n) is 5.44. The van der Waals surface area contributed by atoms with Crippen LogP contribution in [0.5, 0.6) is 0 Å². The molecule has 6 nitrogen and oxygen atoms in total. The lowest BCUT2D eigenvalue weighted by Gasteiger charge is -2.11. The molecular formula is C18H10O6. The summed E-state index contributed by atoms with van der Waals surface area (Å²) in [5.41, 5.74) is 1.35. The number of allylic oxidation sites excluding steroid dienone is 4. The number of hydrogen-bond donors (Lipinski definition) is 0. The highest BCUT2D eigenvalue weighted by Gasteiger charge is 2.40. The molecule has 24 heavy (non-hydrogen) atoms. The average Bonchev–Trinajstić information content (AvgIpc) is 2.85. The van der Waals surface area contributed by atoms with Crippen LogP contribution in [0.2, 0.25) is 0 Å². The third kappa shape index (κ3) is 1.96. The van der Waals surface area contributed by atoms with E-state index in [4.69, 9.17) is 0 Å². The van der Waals surface area contributed by atoms with Crippen molar-refractivity contribution in [2.24, 2.45) is 0 Å². The van der Waals surface area contributed by atoms with E-state index in [0.717, 1.165) is 0 Å². The highest BCUT2D eigenvalue weighted by molar-refractivity contribution is 6.20. The van der Waals surface area contributed by atoms with Crippen LogP contribution in [-0.4, -0.2) is 23.9 Å². The number of esters is 4. The van der Waals surface area contributed by atoms with E-state index in [1.54, 1.807) is 24.3 Å². The number of hydrogen-bond acceptors (Lipinski definition) is 6. The van der Waals surface area contributed by atoms with E-state index < -0.39 is 23.9 Å². The topological polar surface area (TPSA) is 86.7 Å². The van der Waals surface area contributed by atoms with Gasteiger partial charge in [-0.2, -0.15) is 0 Å². The standard InChI is InChI=1S/C18H10O6/c19-15-11-7-3-1-5-9(13(11)17(21)23-15)10-6-2-4-8-12-14(10)18(22)24-16(12)20/h3-8H,1-2H2. The maximum Gasteiger partial charge on any atom is 0.347 e. The average molecular weight is 322 g/mol. The first kappa shape index (κ1) is 14.3. The van der Waals surface area contributed by atoms with Gasteiger partial charge in [-0.05, 0) is 24.0 Å². The van der Waals surface area contributed by atoms with Crippen molar-refractivity contribution >= 4 is 23.9 Å². The largest absolute Gasteiger partial charge is 0.386 e. The van der Waals surface area contributed by atoms with Gasteiger partial charge in [-0.25, -0.2) is 19.2 Å².